The van der Waals surface area contributed by atoms with E-state index in [2.05, 4.69) is 25.8 Å². The van der Waals surface area contributed by atoms with Gasteiger partial charge >= 0.3 is 54.3 Å². The number of carbonyl (C=O) groups is 2. The van der Waals surface area contributed by atoms with Gasteiger partial charge in [0.05, 0.1) is 70.8 Å². The third-order valence-electron chi connectivity index (χ3n) is 16.5. The van der Waals surface area contributed by atoms with Crippen LogP contribution < -0.4 is 11.4 Å². The maximum absolute atomic E-state index is 13.9. The molecule has 102 heavy (non-hydrogen) atoms. The number of H-pyrrole nitrogens is 2. The summed E-state index contributed by atoms with van der Waals surface area (Å²) in [6.07, 6.45) is -23.0. The van der Waals surface area contributed by atoms with Gasteiger partial charge in [-0.05, 0) is 114 Å². The molecular formula is C64H60F12N11O15-. The highest BCUT2D eigenvalue weighted by molar-refractivity contribution is 5.70. The van der Waals surface area contributed by atoms with Crippen molar-refractivity contribution in [3.8, 4) is 0 Å². The fourth-order valence-corrected chi connectivity index (χ4v) is 11.4. The molecule has 2 aromatic heterocycles. The van der Waals surface area contributed by atoms with E-state index >= 15 is 0 Å². The van der Waals surface area contributed by atoms with Crippen molar-refractivity contribution in [2.24, 2.45) is 0 Å². The van der Waals surface area contributed by atoms with E-state index in [0.717, 1.165) is 15.1 Å². The van der Waals surface area contributed by atoms with Crippen LogP contribution in [-0.2, 0) is 77.8 Å². The van der Waals surface area contributed by atoms with E-state index in [9.17, 15) is 82.0 Å². The molecule has 2 aliphatic heterocycles. The number of piperidine rings is 2. The highest BCUT2D eigenvalue weighted by Crippen LogP contribution is 2.47. The maximum atomic E-state index is 13.9. The lowest BCUT2D eigenvalue weighted by Gasteiger charge is -2.55. The van der Waals surface area contributed by atoms with Gasteiger partial charge in [0.2, 0.25) is 0 Å². The Kier molecular flexibility index (Phi) is 24.7. The summed E-state index contributed by atoms with van der Waals surface area (Å²) in [5.74, 6) is -0.807. The van der Waals surface area contributed by atoms with Crippen molar-refractivity contribution in [1.82, 2.24) is 39.4 Å². The third kappa shape index (κ3) is 19.6. The quantitative estimate of drug-likeness (QED) is 0.0210. The van der Waals surface area contributed by atoms with Crippen LogP contribution in [0.25, 0.3) is 5.59 Å². The van der Waals surface area contributed by atoms with Crippen LogP contribution in [-0.4, -0.2) is 93.2 Å². The molecule has 0 spiro atoms. The molecule has 0 bridgehead atoms. The van der Waals surface area contributed by atoms with Gasteiger partial charge < -0.3 is 44.9 Å². The average molecular weight is 1450 g/mol. The van der Waals surface area contributed by atoms with Gasteiger partial charge in [-0.15, -0.1) is 15.2 Å². The molecule has 2 saturated heterocycles. The SMILES string of the molecule is C[C@@H](OC[C@@]1(c2ccccc2)CC[C@H](n2c([N+](=O)[O-])n[nH]c2=O)CN1[N-]OOC(=O)OCc1ccccc1)c1cc(C(F)(F)F)cc(C(F)(F)F)c1.C[C@@H](OC[C@@]1(c2ccccc2)CC[C@H](n2cn[nH]c2=O)CN1C(=O)OCc1ccccc1)c1cc(C(F)(F)F)cc(C(F)(F)F)c1.O=[N+]([O-])O. The summed E-state index contributed by atoms with van der Waals surface area (Å²) in [5.41, 5.74) is -4.51. The molecule has 0 saturated carbocycles. The molecule has 4 heterocycles. The van der Waals surface area contributed by atoms with Gasteiger partial charge in [0.1, 0.15) is 19.5 Å². The number of aromatic nitrogens is 6. The Labute approximate surface area is 568 Å². The van der Waals surface area contributed by atoms with Crippen LogP contribution in [0.5, 0.6) is 0 Å². The fourth-order valence-electron chi connectivity index (χ4n) is 11.4. The second-order valence-corrected chi connectivity index (χ2v) is 23.0. The van der Waals surface area contributed by atoms with Crippen molar-refractivity contribution in [2.75, 3.05) is 26.3 Å². The predicted octanol–water partition coefficient (Wildman–Crippen LogP) is 14.2. The van der Waals surface area contributed by atoms with Crippen LogP contribution in [0.2, 0.25) is 0 Å². The summed E-state index contributed by atoms with van der Waals surface area (Å²) in [6.45, 7) is 1.21. The molecule has 1 amide bonds. The van der Waals surface area contributed by atoms with Crippen LogP contribution in [0.1, 0.15) is 119 Å². The number of nitrogens with one attached hydrogen (secondary N) is 2. The van der Waals surface area contributed by atoms with Crippen LogP contribution in [0.15, 0.2) is 174 Å². The first-order chi connectivity index (χ1) is 48.1. The number of nitro groups is 1. The molecule has 10 rings (SSSR count). The number of carbonyl (C=O) groups excluding carboxylic acids is 2. The first-order valence-corrected chi connectivity index (χ1v) is 30.3. The van der Waals surface area contributed by atoms with Gasteiger partial charge in [-0.2, -0.15) is 62.4 Å². The van der Waals surface area contributed by atoms with Gasteiger partial charge in [-0.25, -0.2) is 24.3 Å². The maximum Gasteiger partial charge on any atom is 0.539 e. The van der Waals surface area contributed by atoms with E-state index in [-0.39, 0.29) is 69.9 Å². The summed E-state index contributed by atoms with van der Waals surface area (Å²) in [4.78, 5) is 81.4. The molecular weight excluding hydrogens is 1390 g/mol. The summed E-state index contributed by atoms with van der Waals surface area (Å²) >= 11 is 0. The third-order valence-corrected chi connectivity index (χ3v) is 16.5. The Hall–Kier alpha value is -10.7. The highest BCUT2D eigenvalue weighted by atomic mass is 19.4. The number of amides is 1. The van der Waals surface area contributed by atoms with Crippen LogP contribution in [0.3, 0.4) is 0 Å². The Morgan fingerprint density at radius 3 is 1.47 bits per heavy atom. The van der Waals surface area contributed by atoms with Gasteiger partial charge in [-0.1, -0.05) is 121 Å². The number of benzene rings is 6. The van der Waals surface area contributed by atoms with Crippen molar-refractivity contribution < 1.29 is 106 Å². The summed E-state index contributed by atoms with van der Waals surface area (Å²) in [5, 5.41) is 38.1. The van der Waals surface area contributed by atoms with Gasteiger partial charge in [0.25, 0.3) is 5.09 Å². The lowest BCUT2D eigenvalue weighted by Crippen LogP contribution is -2.58. The van der Waals surface area contributed by atoms with Gasteiger partial charge in [-0.3, -0.25) is 19.3 Å². The van der Waals surface area contributed by atoms with Gasteiger partial charge in [0.15, 0.2) is 0 Å². The Balaban J connectivity index is 0.000000247. The molecule has 546 valence electrons. The van der Waals surface area contributed by atoms with Crippen molar-refractivity contribution in [2.45, 2.75) is 113 Å². The van der Waals surface area contributed by atoms with Crippen LogP contribution in [0, 0.1) is 20.2 Å². The molecule has 8 aromatic rings. The summed E-state index contributed by atoms with van der Waals surface area (Å²) < 4.78 is 188. The number of alkyl halides is 12. The van der Waals surface area contributed by atoms with Crippen molar-refractivity contribution in [3.63, 3.8) is 0 Å². The molecule has 0 aliphatic carbocycles. The second-order valence-electron chi connectivity index (χ2n) is 23.0. The number of ether oxygens (including phenoxy) is 4. The number of aromatic amines is 2. The summed E-state index contributed by atoms with van der Waals surface area (Å²) in [7, 11) is 0. The Bertz CT molecular complexity index is 4180. The highest BCUT2D eigenvalue weighted by Gasteiger charge is 2.49. The lowest BCUT2D eigenvalue weighted by atomic mass is 9.79. The molecule has 6 aromatic carbocycles. The van der Waals surface area contributed by atoms with E-state index in [4.69, 9.17) is 39.3 Å². The minimum Gasteiger partial charge on any atom is -0.445 e. The number of nitrogens with zero attached hydrogens (tertiary/aromatic N) is 9. The van der Waals surface area contributed by atoms with E-state index in [1.807, 2.05) is 11.2 Å². The standard InChI is InChI=1S/C32H29F6N6O8.C32H30F6N4O4.HNO3/c1-20(22-14-24(31(33,34)35)16-25(15-22)32(36,37)38)50-19-30(23-10-6-3-7-11-23)13-12-26(43-27(44(47)48)39-40-28(43)45)17-42(30)41-52-51-29(46)49-18-21-8-4-2-5-9-21;1-21(23-14-25(31(33,34)35)16-26(15-23)32(36,37)38)46-19-30(24-10-6-3-7-11-24)13-12-27(41-20-39-40-28(41)43)17-42(30)29(44)45-18-22-8-4-2-5-9-22;2-1(3)4/h2-11,14-16,20,26H,12-13,17-19H2,1H3,(H,40,45);2-11,14-16,20-21,27H,12-13,17-19H2,1H3,(H,40,43);(H,2,3,4)/q-1;;/t20-,26+,30-;21-,27+,30-;/m11./s1. The fraction of sp³-hybridized carbons (Fsp3) is 0.344. The van der Waals surface area contributed by atoms with Crippen molar-refractivity contribution in [3.05, 3.63) is 266 Å². The molecule has 2 aliphatic rings. The smallest absolute Gasteiger partial charge is 0.445 e. The molecule has 0 unspecified atom stereocenters. The molecule has 26 nitrogen and oxygen atoms in total. The normalized spacial score (nSPS) is 18.7. The minimum absolute atomic E-state index is 0.00274. The molecule has 2 fully saturated rings. The number of hydrogen-bond acceptors (Lipinski definition) is 17. The average Bonchev–Trinajstić information content (AvgIpc) is 1.19. The van der Waals surface area contributed by atoms with Gasteiger partial charge in [0, 0.05) is 18.2 Å². The Morgan fingerprint density at radius 1 is 0.608 bits per heavy atom. The number of halogens is 12. The molecule has 6 atom stereocenters. The first-order valence-electron chi connectivity index (χ1n) is 30.3. The first kappa shape index (κ1) is 77.0. The number of hydrogen-bond donors (Lipinski definition) is 3. The number of rotatable bonds is 20. The Morgan fingerprint density at radius 2 is 1.03 bits per heavy atom. The number of likely N-dealkylation sites (tertiary alicyclic amines) is 1. The van der Waals surface area contributed by atoms with E-state index < -0.39 is 134 Å². The lowest BCUT2D eigenvalue weighted by molar-refractivity contribution is -0.742. The predicted molar refractivity (Wildman–Crippen MR) is 328 cm³/mol. The monoisotopic (exact) mass is 1450 g/mol. The van der Waals surface area contributed by atoms with E-state index in [0.29, 0.717) is 47.4 Å². The zero-order valence-corrected chi connectivity index (χ0v) is 53.2. The van der Waals surface area contributed by atoms with Crippen molar-refractivity contribution >= 4 is 18.2 Å². The van der Waals surface area contributed by atoms with E-state index in [1.54, 1.807) is 115 Å². The zero-order chi connectivity index (χ0) is 74.4. The topological polar surface area (TPSA) is 318 Å². The largest absolute Gasteiger partial charge is 0.539 e. The molecule has 3 N–H and O–H groups in total. The summed E-state index contributed by atoms with van der Waals surface area (Å²) in [6, 6.07) is 35.3. The molecule has 0 radical (unpaired) electrons. The zero-order valence-electron chi connectivity index (χ0n) is 53.2. The second kappa shape index (κ2) is 32.7. The van der Waals surface area contributed by atoms with Crippen LogP contribution >= 0.6 is 0 Å². The molecule has 38 heteroatoms. The van der Waals surface area contributed by atoms with Crippen LogP contribution in [0.4, 0.5) is 68.2 Å². The minimum atomic E-state index is -5.09. The van der Waals surface area contributed by atoms with E-state index in [1.165, 1.54) is 29.6 Å². The van der Waals surface area contributed by atoms with Crippen molar-refractivity contribution in [1.29, 1.82) is 0 Å².